The normalized spacial score (nSPS) is 10.1. The van der Waals surface area contributed by atoms with Crippen LogP contribution in [0.5, 0.6) is 0 Å². The summed E-state index contributed by atoms with van der Waals surface area (Å²) in [5.41, 5.74) is 1.60. The molecule has 0 atom stereocenters. The van der Waals surface area contributed by atoms with E-state index < -0.39 is 0 Å². The average molecular weight is 245 g/mol. The molecule has 1 aromatic rings. The van der Waals surface area contributed by atoms with Crippen LogP contribution in [0.1, 0.15) is 22.8 Å². The summed E-state index contributed by atoms with van der Waals surface area (Å²) in [6.45, 7) is 10.2. The molecule has 0 amide bonds. The molecule has 0 N–H and O–H groups in total. The Morgan fingerprint density at radius 3 is 2.44 bits per heavy atom. The lowest BCUT2D eigenvalue weighted by Gasteiger charge is -2.18. The highest BCUT2D eigenvalue weighted by Gasteiger charge is 2.14. The second kappa shape index (κ2) is 7.45. The second-order valence-electron chi connectivity index (χ2n) is 3.81. The van der Waals surface area contributed by atoms with E-state index in [4.69, 9.17) is 4.84 Å². The van der Waals surface area contributed by atoms with Crippen molar-refractivity contribution >= 4 is 5.97 Å². The quantitative estimate of drug-likeness (QED) is 0.546. The minimum absolute atomic E-state index is 0.337. The van der Waals surface area contributed by atoms with Gasteiger partial charge in [-0.25, -0.2) is 4.79 Å². The van der Waals surface area contributed by atoms with E-state index >= 15 is 0 Å². The van der Waals surface area contributed by atoms with Crippen molar-refractivity contribution in [2.24, 2.45) is 0 Å². The maximum absolute atomic E-state index is 12.1. The van der Waals surface area contributed by atoms with Gasteiger partial charge < -0.3 is 4.84 Å². The summed E-state index contributed by atoms with van der Waals surface area (Å²) >= 11 is 0. The summed E-state index contributed by atoms with van der Waals surface area (Å²) in [6, 6.07) is 7.46. The number of carbonyl (C=O) groups excluding carboxylic acids is 1. The van der Waals surface area contributed by atoms with Gasteiger partial charge in [-0.2, -0.15) is 0 Å². The Balaban J connectivity index is 2.79. The summed E-state index contributed by atoms with van der Waals surface area (Å²) in [6.07, 6.45) is 4.17. The van der Waals surface area contributed by atoms with Gasteiger partial charge in [-0.05, 0) is 18.1 Å². The fourth-order valence-electron chi connectivity index (χ4n) is 1.63. The van der Waals surface area contributed by atoms with Crippen LogP contribution in [0.25, 0.3) is 0 Å². The molecular weight excluding hydrogens is 226 g/mol. The summed E-state index contributed by atoms with van der Waals surface area (Å²) in [7, 11) is 0. The van der Waals surface area contributed by atoms with Crippen LogP contribution in [0.3, 0.4) is 0 Å². The smallest absolute Gasteiger partial charge is 0.357 e. The van der Waals surface area contributed by atoms with E-state index in [9.17, 15) is 4.79 Å². The van der Waals surface area contributed by atoms with Gasteiger partial charge >= 0.3 is 5.97 Å². The summed E-state index contributed by atoms with van der Waals surface area (Å²) in [5, 5.41) is 1.52. The first kappa shape index (κ1) is 14.2. The van der Waals surface area contributed by atoms with Crippen molar-refractivity contribution in [3.63, 3.8) is 0 Å². The summed E-state index contributed by atoms with van der Waals surface area (Å²) in [5.74, 6) is -0.337. The van der Waals surface area contributed by atoms with Gasteiger partial charge in [0.1, 0.15) is 0 Å². The fourth-order valence-corrected chi connectivity index (χ4v) is 1.63. The van der Waals surface area contributed by atoms with Gasteiger partial charge in [-0.1, -0.05) is 37.3 Å². The molecule has 0 aromatic heterocycles. The largest absolute Gasteiger partial charge is 0.363 e. The van der Waals surface area contributed by atoms with Gasteiger partial charge in [0.05, 0.1) is 18.7 Å². The zero-order valence-corrected chi connectivity index (χ0v) is 10.8. The van der Waals surface area contributed by atoms with E-state index in [1.54, 1.807) is 18.2 Å². The lowest BCUT2D eigenvalue weighted by Crippen LogP contribution is -2.28. The number of benzene rings is 1. The van der Waals surface area contributed by atoms with Crippen molar-refractivity contribution in [1.82, 2.24) is 5.06 Å². The van der Waals surface area contributed by atoms with Gasteiger partial charge in [0, 0.05) is 0 Å². The van der Waals surface area contributed by atoms with E-state index in [0.29, 0.717) is 18.7 Å². The minimum Gasteiger partial charge on any atom is -0.363 e. The first-order chi connectivity index (χ1) is 8.72. The molecule has 0 bridgehead atoms. The number of aryl methyl sites for hydroxylation is 1. The Bertz CT molecular complexity index is 416. The summed E-state index contributed by atoms with van der Waals surface area (Å²) in [4.78, 5) is 17.4. The third-order valence-electron chi connectivity index (χ3n) is 2.50. The minimum atomic E-state index is -0.337. The Hall–Kier alpha value is -1.87. The van der Waals surface area contributed by atoms with E-state index in [1.165, 1.54) is 5.06 Å². The zero-order valence-electron chi connectivity index (χ0n) is 10.8. The number of carbonyl (C=O) groups is 1. The third kappa shape index (κ3) is 3.86. The second-order valence-corrected chi connectivity index (χ2v) is 3.81. The number of nitrogens with zero attached hydrogens (tertiary/aromatic N) is 1. The Morgan fingerprint density at radius 2 is 1.89 bits per heavy atom. The van der Waals surface area contributed by atoms with Crippen LogP contribution < -0.4 is 0 Å². The summed E-state index contributed by atoms with van der Waals surface area (Å²) < 4.78 is 0. The Morgan fingerprint density at radius 1 is 1.28 bits per heavy atom. The number of hydroxylamine groups is 2. The molecule has 96 valence electrons. The molecule has 0 aliphatic carbocycles. The number of hydrogen-bond acceptors (Lipinski definition) is 3. The first-order valence-corrected chi connectivity index (χ1v) is 5.99. The van der Waals surface area contributed by atoms with E-state index in [1.807, 2.05) is 25.1 Å². The monoisotopic (exact) mass is 245 g/mol. The zero-order chi connectivity index (χ0) is 13.4. The SMILES string of the molecule is C=CCN(CC=C)OC(=O)c1ccccc1CC. The van der Waals surface area contributed by atoms with Crippen molar-refractivity contribution in [1.29, 1.82) is 0 Å². The van der Waals surface area contributed by atoms with Gasteiger partial charge in [0.25, 0.3) is 0 Å². The molecular formula is C15H19NO2. The molecule has 0 aliphatic heterocycles. The molecule has 0 radical (unpaired) electrons. The van der Waals surface area contributed by atoms with Crippen molar-refractivity contribution in [2.45, 2.75) is 13.3 Å². The molecule has 1 aromatic carbocycles. The Kier molecular flexibility index (Phi) is 5.88. The van der Waals surface area contributed by atoms with Gasteiger partial charge in [0.2, 0.25) is 0 Å². The third-order valence-corrected chi connectivity index (χ3v) is 2.50. The van der Waals surface area contributed by atoms with Crippen LogP contribution in [0.2, 0.25) is 0 Å². The highest BCUT2D eigenvalue weighted by Crippen LogP contribution is 2.11. The lowest BCUT2D eigenvalue weighted by atomic mass is 10.1. The van der Waals surface area contributed by atoms with Crippen molar-refractivity contribution in [3.8, 4) is 0 Å². The van der Waals surface area contributed by atoms with Crippen LogP contribution >= 0.6 is 0 Å². The van der Waals surface area contributed by atoms with Crippen molar-refractivity contribution in [3.05, 3.63) is 60.7 Å². The molecule has 0 unspecified atom stereocenters. The number of hydrogen-bond donors (Lipinski definition) is 0. The van der Waals surface area contributed by atoms with Crippen LogP contribution in [0, 0.1) is 0 Å². The molecule has 0 aliphatic rings. The highest BCUT2D eigenvalue weighted by atomic mass is 16.7. The fraction of sp³-hybridized carbons (Fsp3) is 0.267. The van der Waals surface area contributed by atoms with Gasteiger partial charge in [-0.3, -0.25) is 0 Å². The van der Waals surface area contributed by atoms with E-state index in [-0.39, 0.29) is 5.97 Å². The Labute approximate surface area is 108 Å². The van der Waals surface area contributed by atoms with Gasteiger partial charge in [-0.15, -0.1) is 18.2 Å². The predicted molar refractivity (Wildman–Crippen MR) is 73.2 cm³/mol. The van der Waals surface area contributed by atoms with Crippen molar-refractivity contribution < 1.29 is 9.63 Å². The van der Waals surface area contributed by atoms with Crippen LogP contribution in [0.4, 0.5) is 0 Å². The molecule has 0 saturated heterocycles. The highest BCUT2D eigenvalue weighted by molar-refractivity contribution is 5.90. The molecule has 3 nitrogen and oxygen atoms in total. The van der Waals surface area contributed by atoms with Crippen molar-refractivity contribution in [2.75, 3.05) is 13.1 Å². The molecule has 0 heterocycles. The van der Waals surface area contributed by atoms with Crippen LogP contribution in [-0.2, 0) is 11.3 Å². The molecule has 18 heavy (non-hydrogen) atoms. The maximum atomic E-state index is 12.1. The lowest BCUT2D eigenvalue weighted by molar-refractivity contribution is -0.0937. The first-order valence-electron chi connectivity index (χ1n) is 5.99. The molecule has 1 rings (SSSR count). The number of rotatable bonds is 7. The maximum Gasteiger partial charge on any atom is 0.357 e. The van der Waals surface area contributed by atoms with E-state index in [2.05, 4.69) is 13.2 Å². The van der Waals surface area contributed by atoms with E-state index in [0.717, 1.165) is 12.0 Å². The average Bonchev–Trinajstić information content (AvgIpc) is 2.39. The predicted octanol–water partition coefficient (Wildman–Crippen LogP) is 2.99. The molecule has 0 saturated carbocycles. The standard InChI is InChI=1S/C15H19NO2/c1-4-11-16(12-5-2)18-15(17)14-10-8-7-9-13(14)6-3/h4-5,7-10H,1-2,6,11-12H2,3H3. The molecule has 0 fully saturated rings. The molecule has 3 heteroatoms. The van der Waals surface area contributed by atoms with Gasteiger partial charge in [0.15, 0.2) is 0 Å². The topological polar surface area (TPSA) is 29.5 Å². The molecule has 0 spiro atoms. The van der Waals surface area contributed by atoms with Crippen LogP contribution in [0.15, 0.2) is 49.6 Å². The van der Waals surface area contributed by atoms with Crippen LogP contribution in [-0.4, -0.2) is 24.1 Å².